The van der Waals surface area contributed by atoms with Crippen LogP contribution in [-0.2, 0) is 0 Å². The summed E-state index contributed by atoms with van der Waals surface area (Å²) in [7, 11) is 0. The molecule has 1 heterocycles. The number of ketones is 1. The molecule has 7 heteroatoms. The van der Waals surface area contributed by atoms with E-state index < -0.39 is 0 Å². The number of carbonyl (C=O) groups is 1. The van der Waals surface area contributed by atoms with Gasteiger partial charge in [0.05, 0.1) is 5.75 Å². The molecular formula is C11H11N5OS. The lowest BCUT2D eigenvalue weighted by molar-refractivity contribution is 0.102. The first-order valence-corrected chi connectivity index (χ1v) is 6.12. The average molecular weight is 261 g/mol. The molecule has 0 aliphatic heterocycles. The molecule has 0 spiro atoms. The minimum absolute atomic E-state index is 0.00171. The molecule has 2 aromatic rings. The molecule has 0 fully saturated rings. The van der Waals surface area contributed by atoms with Crippen molar-refractivity contribution in [2.24, 2.45) is 0 Å². The molecule has 4 N–H and O–H groups in total. The fraction of sp³-hybridized carbons (Fsp3) is 0.0909. The third-order valence-electron chi connectivity index (χ3n) is 2.08. The number of hydrogen-bond acceptors (Lipinski definition) is 7. The SMILES string of the molecule is Nc1nc(N)nc(SCC(=O)c2ccccc2)n1. The Bertz CT molecular complexity index is 540. The summed E-state index contributed by atoms with van der Waals surface area (Å²) < 4.78 is 0. The largest absolute Gasteiger partial charge is 0.368 e. The number of nitrogen functional groups attached to an aromatic ring is 2. The van der Waals surface area contributed by atoms with Crippen molar-refractivity contribution in [2.45, 2.75) is 5.16 Å². The maximum atomic E-state index is 11.8. The third kappa shape index (κ3) is 3.17. The summed E-state index contributed by atoms with van der Waals surface area (Å²) in [6.45, 7) is 0. The van der Waals surface area contributed by atoms with Crippen molar-refractivity contribution in [1.82, 2.24) is 15.0 Å². The van der Waals surface area contributed by atoms with Crippen LogP contribution in [0.25, 0.3) is 0 Å². The van der Waals surface area contributed by atoms with Gasteiger partial charge in [0.15, 0.2) is 10.9 Å². The lowest BCUT2D eigenvalue weighted by Gasteiger charge is -2.01. The van der Waals surface area contributed by atoms with Crippen LogP contribution in [0.3, 0.4) is 0 Å². The molecule has 0 unspecified atom stereocenters. The van der Waals surface area contributed by atoms with Gasteiger partial charge in [0, 0.05) is 5.56 Å². The summed E-state index contributed by atoms with van der Waals surface area (Å²) in [5, 5.41) is 0.351. The highest BCUT2D eigenvalue weighted by Crippen LogP contribution is 2.16. The summed E-state index contributed by atoms with van der Waals surface area (Å²) in [5.74, 6) is 0.333. The second-order valence-electron chi connectivity index (χ2n) is 3.41. The summed E-state index contributed by atoms with van der Waals surface area (Å²) in [6, 6.07) is 9.02. The number of Topliss-reactive ketones (excluding diaryl/α,β-unsaturated/α-hetero) is 1. The van der Waals surface area contributed by atoms with Crippen LogP contribution in [0.4, 0.5) is 11.9 Å². The van der Waals surface area contributed by atoms with E-state index in [4.69, 9.17) is 11.5 Å². The number of thioether (sulfide) groups is 1. The Labute approximate surface area is 108 Å². The number of nitrogens with zero attached hydrogens (tertiary/aromatic N) is 3. The van der Waals surface area contributed by atoms with Gasteiger partial charge in [-0.25, -0.2) is 0 Å². The Balaban J connectivity index is 2.02. The minimum Gasteiger partial charge on any atom is -0.368 e. The van der Waals surface area contributed by atoms with E-state index in [9.17, 15) is 4.79 Å². The molecule has 92 valence electrons. The number of rotatable bonds is 4. The maximum absolute atomic E-state index is 11.8. The van der Waals surface area contributed by atoms with Gasteiger partial charge in [0.2, 0.25) is 11.9 Å². The quantitative estimate of drug-likeness (QED) is 0.624. The fourth-order valence-electron chi connectivity index (χ4n) is 1.29. The Morgan fingerprint density at radius 2 is 1.67 bits per heavy atom. The molecule has 18 heavy (non-hydrogen) atoms. The molecule has 0 atom stereocenters. The lowest BCUT2D eigenvalue weighted by atomic mass is 10.2. The third-order valence-corrected chi connectivity index (χ3v) is 2.92. The molecule has 2 rings (SSSR count). The molecule has 0 radical (unpaired) electrons. The highest BCUT2D eigenvalue weighted by atomic mass is 32.2. The van der Waals surface area contributed by atoms with Crippen molar-refractivity contribution in [3.8, 4) is 0 Å². The highest BCUT2D eigenvalue weighted by Gasteiger charge is 2.08. The fourth-order valence-corrected chi connectivity index (χ4v) is 2.03. The van der Waals surface area contributed by atoms with E-state index in [-0.39, 0.29) is 23.4 Å². The van der Waals surface area contributed by atoms with E-state index in [1.807, 2.05) is 18.2 Å². The molecular weight excluding hydrogens is 250 g/mol. The molecule has 0 saturated heterocycles. The molecule has 1 aromatic heterocycles. The zero-order valence-electron chi connectivity index (χ0n) is 9.41. The molecule has 0 saturated carbocycles. The maximum Gasteiger partial charge on any atom is 0.225 e. The number of anilines is 2. The van der Waals surface area contributed by atoms with Crippen LogP contribution in [0, 0.1) is 0 Å². The van der Waals surface area contributed by atoms with Crippen molar-refractivity contribution in [2.75, 3.05) is 17.2 Å². The van der Waals surface area contributed by atoms with Crippen molar-refractivity contribution in [1.29, 1.82) is 0 Å². The van der Waals surface area contributed by atoms with Crippen LogP contribution in [0.5, 0.6) is 0 Å². The van der Waals surface area contributed by atoms with Crippen LogP contribution in [0.1, 0.15) is 10.4 Å². The summed E-state index contributed by atoms with van der Waals surface area (Å²) in [5.41, 5.74) is 11.5. The Hall–Kier alpha value is -2.15. The van der Waals surface area contributed by atoms with Gasteiger partial charge < -0.3 is 11.5 Å². The predicted octanol–water partition coefficient (Wildman–Crippen LogP) is 1.01. The summed E-state index contributed by atoms with van der Waals surface area (Å²) >= 11 is 1.18. The van der Waals surface area contributed by atoms with Gasteiger partial charge >= 0.3 is 0 Å². The zero-order chi connectivity index (χ0) is 13.0. The number of nitrogens with two attached hydrogens (primary N) is 2. The van der Waals surface area contributed by atoms with Crippen molar-refractivity contribution >= 4 is 29.4 Å². The van der Waals surface area contributed by atoms with Crippen molar-refractivity contribution < 1.29 is 4.79 Å². The topological polar surface area (TPSA) is 108 Å². The standard InChI is InChI=1S/C11H11N5OS/c12-9-14-10(13)16-11(15-9)18-6-8(17)7-4-2-1-3-5-7/h1-5H,6H2,(H4,12,13,14,15,16). The van der Waals surface area contributed by atoms with E-state index in [2.05, 4.69) is 15.0 Å². The van der Waals surface area contributed by atoms with Crippen LogP contribution < -0.4 is 11.5 Å². The normalized spacial score (nSPS) is 10.2. The van der Waals surface area contributed by atoms with Gasteiger partial charge in [0.1, 0.15) is 0 Å². The van der Waals surface area contributed by atoms with Gasteiger partial charge in [-0.1, -0.05) is 42.1 Å². The number of hydrogen-bond donors (Lipinski definition) is 2. The number of carbonyl (C=O) groups excluding carboxylic acids is 1. The van der Waals surface area contributed by atoms with Gasteiger partial charge in [-0.2, -0.15) is 15.0 Å². The zero-order valence-corrected chi connectivity index (χ0v) is 10.2. The van der Waals surface area contributed by atoms with Crippen LogP contribution in [-0.4, -0.2) is 26.5 Å². The number of aromatic nitrogens is 3. The Morgan fingerprint density at radius 3 is 2.28 bits per heavy atom. The second kappa shape index (κ2) is 5.46. The van der Waals surface area contributed by atoms with E-state index >= 15 is 0 Å². The average Bonchev–Trinajstić information content (AvgIpc) is 2.36. The lowest BCUT2D eigenvalue weighted by Crippen LogP contribution is -2.06. The second-order valence-corrected chi connectivity index (χ2v) is 4.35. The van der Waals surface area contributed by atoms with E-state index in [0.717, 1.165) is 0 Å². The molecule has 0 bridgehead atoms. The predicted molar refractivity (Wildman–Crippen MR) is 70.1 cm³/mol. The van der Waals surface area contributed by atoms with Crippen LogP contribution >= 0.6 is 11.8 Å². The minimum atomic E-state index is -0.00171. The first-order chi connectivity index (χ1) is 8.65. The van der Waals surface area contributed by atoms with Crippen LogP contribution in [0.2, 0.25) is 0 Å². The van der Waals surface area contributed by atoms with E-state index in [1.165, 1.54) is 11.8 Å². The van der Waals surface area contributed by atoms with Gasteiger partial charge in [-0.05, 0) is 0 Å². The molecule has 6 nitrogen and oxygen atoms in total. The molecule has 0 aliphatic carbocycles. The molecule has 0 amide bonds. The highest BCUT2D eigenvalue weighted by molar-refractivity contribution is 7.99. The van der Waals surface area contributed by atoms with Gasteiger partial charge in [-0.15, -0.1) is 0 Å². The monoisotopic (exact) mass is 261 g/mol. The summed E-state index contributed by atoms with van der Waals surface area (Å²) in [4.78, 5) is 23.3. The number of benzene rings is 1. The van der Waals surface area contributed by atoms with Gasteiger partial charge in [-0.3, -0.25) is 4.79 Å². The summed E-state index contributed by atoms with van der Waals surface area (Å²) in [6.07, 6.45) is 0. The smallest absolute Gasteiger partial charge is 0.225 e. The Morgan fingerprint density at radius 1 is 1.06 bits per heavy atom. The van der Waals surface area contributed by atoms with Crippen molar-refractivity contribution in [3.63, 3.8) is 0 Å². The van der Waals surface area contributed by atoms with E-state index in [1.54, 1.807) is 12.1 Å². The van der Waals surface area contributed by atoms with Crippen LogP contribution in [0.15, 0.2) is 35.5 Å². The van der Waals surface area contributed by atoms with Crippen molar-refractivity contribution in [3.05, 3.63) is 35.9 Å². The molecule has 1 aromatic carbocycles. The van der Waals surface area contributed by atoms with Gasteiger partial charge in [0.25, 0.3) is 0 Å². The van der Waals surface area contributed by atoms with E-state index in [0.29, 0.717) is 10.7 Å². The first-order valence-electron chi connectivity index (χ1n) is 5.13. The molecule has 0 aliphatic rings. The first kappa shape index (κ1) is 12.3. The Kier molecular flexibility index (Phi) is 3.73.